The molecule has 19 heavy (non-hydrogen) atoms. The third kappa shape index (κ3) is 4.66. The van der Waals surface area contributed by atoms with E-state index in [0.717, 1.165) is 11.5 Å². The van der Waals surface area contributed by atoms with Crippen molar-refractivity contribution >= 4 is 0 Å². The van der Waals surface area contributed by atoms with Gasteiger partial charge in [0, 0.05) is 6.07 Å². The molecule has 0 spiro atoms. The second-order valence-corrected chi connectivity index (χ2v) is 4.33. The predicted octanol–water partition coefficient (Wildman–Crippen LogP) is 4.12. The lowest BCUT2D eigenvalue weighted by atomic mass is 10.1. The van der Waals surface area contributed by atoms with Crippen molar-refractivity contribution in [2.75, 3.05) is 14.2 Å². The summed E-state index contributed by atoms with van der Waals surface area (Å²) >= 11 is 0. The van der Waals surface area contributed by atoms with Crippen LogP contribution < -0.4 is 9.47 Å². The zero-order valence-electron chi connectivity index (χ0n) is 12.3. The molecule has 0 aliphatic carbocycles. The molecular weight excluding hydrogens is 236 g/mol. The third-order valence-electron chi connectivity index (χ3n) is 3.08. The standard InChI is InChI=1S/C9H12.C8H9O2/c1-7-5-4-6-8(2)9(7)3;1-9-7-4-3-5-8(6-7)10-2/h4-6H,1-3H3;4-6H,1-2H3. The lowest BCUT2D eigenvalue weighted by Gasteiger charge is -2.01. The first kappa shape index (κ1) is 15.1. The number of benzene rings is 2. The molecule has 0 aliphatic rings. The Labute approximate surface area is 116 Å². The van der Waals surface area contributed by atoms with Crippen LogP contribution in [0.25, 0.3) is 0 Å². The highest BCUT2D eigenvalue weighted by Crippen LogP contribution is 2.17. The highest BCUT2D eigenvalue weighted by molar-refractivity contribution is 5.32. The number of hydrogen-bond acceptors (Lipinski definition) is 2. The molecule has 0 bridgehead atoms. The lowest BCUT2D eigenvalue weighted by molar-refractivity contribution is 0.394. The third-order valence-corrected chi connectivity index (χ3v) is 3.08. The molecule has 2 aromatic rings. The maximum absolute atomic E-state index is 4.95. The molecule has 0 amide bonds. The van der Waals surface area contributed by atoms with Gasteiger partial charge in [0.05, 0.1) is 14.2 Å². The molecule has 0 aromatic heterocycles. The van der Waals surface area contributed by atoms with Crippen LogP contribution in [-0.2, 0) is 0 Å². The van der Waals surface area contributed by atoms with E-state index in [4.69, 9.17) is 9.47 Å². The Morgan fingerprint density at radius 2 is 1.32 bits per heavy atom. The van der Waals surface area contributed by atoms with Crippen LogP contribution in [0.4, 0.5) is 0 Å². The molecule has 2 heteroatoms. The van der Waals surface area contributed by atoms with Crippen LogP contribution in [0.1, 0.15) is 16.7 Å². The zero-order valence-corrected chi connectivity index (χ0v) is 12.3. The van der Waals surface area contributed by atoms with Gasteiger partial charge in [0.15, 0.2) is 0 Å². The molecule has 1 radical (unpaired) electrons. The fraction of sp³-hybridized carbons (Fsp3) is 0.294. The first-order chi connectivity index (χ1) is 9.08. The smallest absolute Gasteiger partial charge is 0.123 e. The van der Waals surface area contributed by atoms with E-state index >= 15 is 0 Å². The summed E-state index contributed by atoms with van der Waals surface area (Å²) in [6.07, 6.45) is 0. The van der Waals surface area contributed by atoms with E-state index in [0.29, 0.717) is 0 Å². The predicted molar refractivity (Wildman–Crippen MR) is 79.0 cm³/mol. The zero-order chi connectivity index (χ0) is 14.3. The van der Waals surface area contributed by atoms with E-state index < -0.39 is 0 Å². The van der Waals surface area contributed by atoms with Crippen LogP contribution in [0.2, 0.25) is 0 Å². The summed E-state index contributed by atoms with van der Waals surface area (Å²) in [4.78, 5) is 0. The van der Waals surface area contributed by atoms with E-state index in [9.17, 15) is 0 Å². The highest BCUT2D eigenvalue weighted by atomic mass is 16.5. The molecule has 2 nitrogen and oxygen atoms in total. The second kappa shape index (κ2) is 7.47. The average molecular weight is 257 g/mol. The average Bonchev–Trinajstić information content (AvgIpc) is 2.45. The van der Waals surface area contributed by atoms with Crippen LogP contribution in [0, 0.1) is 26.8 Å². The Morgan fingerprint density at radius 3 is 1.68 bits per heavy atom. The molecule has 0 fully saturated rings. The Balaban J connectivity index is 0.000000191. The number of rotatable bonds is 2. The summed E-state index contributed by atoms with van der Waals surface area (Å²) in [5.41, 5.74) is 4.18. The summed E-state index contributed by atoms with van der Waals surface area (Å²) in [6.45, 7) is 6.44. The molecule has 0 heterocycles. The van der Waals surface area contributed by atoms with Gasteiger partial charge in [-0.1, -0.05) is 18.2 Å². The topological polar surface area (TPSA) is 18.5 Å². The van der Waals surface area contributed by atoms with Crippen LogP contribution in [-0.4, -0.2) is 14.2 Å². The van der Waals surface area contributed by atoms with Crippen LogP contribution >= 0.6 is 0 Å². The van der Waals surface area contributed by atoms with Gasteiger partial charge in [-0.2, -0.15) is 0 Å². The Bertz CT molecular complexity index is 479. The molecule has 0 unspecified atom stereocenters. The van der Waals surface area contributed by atoms with Crippen molar-refractivity contribution in [2.24, 2.45) is 0 Å². The molecule has 0 saturated carbocycles. The Hall–Kier alpha value is -1.96. The normalized spacial score (nSPS) is 9.32. The van der Waals surface area contributed by atoms with Crippen molar-refractivity contribution in [3.63, 3.8) is 0 Å². The molecule has 0 saturated heterocycles. The minimum absolute atomic E-state index is 0.763. The Morgan fingerprint density at radius 1 is 0.842 bits per heavy atom. The van der Waals surface area contributed by atoms with Gasteiger partial charge in [-0.25, -0.2) is 0 Å². The van der Waals surface area contributed by atoms with E-state index in [1.807, 2.05) is 0 Å². The molecule has 0 aliphatic heterocycles. The fourth-order valence-corrected chi connectivity index (χ4v) is 1.56. The van der Waals surface area contributed by atoms with Gasteiger partial charge in [-0.3, -0.25) is 0 Å². The summed E-state index contributed by atoms with van der Waals surface area (Å²) in [7, 11) is 3.23. The van der Waals surface area contributed by atoms with Crippen molar-refractivity contribution in [2.45, 2.75) is 20.8 Å². The van der Waals surface area contributed by atoms with Gasteiger partial charge in [0.1, 0.15) is 11.5 Å². The summed E-state index contributed by atoms with van der Waals surface area (Å²) < 4.78 is 9.89. The van der Waals surface area contributed by atoms with Crippen molar-refractivity contribution in [3.8, 4) is 11.5 Å². The largest absolute Gasteiger partial charge is 0.497 e. The SMILES string of the molecule is COc1c[c]cc(OC)c1.Cc1cccc(C)c1C. The van der Waals surface area contributed by atoms with Crippen molar-refractivity contribution in [1.29, 1.82) is 0 Å². The van der Waals surface area contributed by atoms with Crippen molar-refractivity contribution in [1.82, 2.24) is 0 Å². The molecule has 0 N–H and O–H groups in total. The first-order valence-electron chi connectivity index (χ1n) is 6.20. The number of ether oxygens (including phenoxy) is 2. The molecule has 2 aromatic carbocycles. The van der Waals surface area contributed by atoms with Gasteiger partial charge in [-0.15, -0.1) is 0 Å². The van der Waals surface area contributed by atoms with E-state index in [2.05, 4.69) is 45.0 Å². The number of methoxy groups -OCH3 is 2. The van der Waals surface area contributed by atoms with Gasteiger partial charge < -0.3 is 9.47 Å². The number of hydrogen-bond donors (Lipinski definition) is 0. The highest BCUT2D eigenvalue weighted by Gasteiger charge is 1.92. The maximum atomic E-state index is 4.95. The van der Waals surface area contributed by atoms with Crippen molar-refractivity contribution in [3.05, 3.63) is 59.2 Å². The van der Waals surface area contributed by atoms with Crippen LogP contribution in [0.5, 0.6) is 11.5 Å². The number of aryl methyl sites for hydroxylation is 2. The molecule has 2 rings (SSSR count). The van der Waals surface area contributed by atoms with Crippen molar-refractivity contribution < 1.29 is 9.47 Å². The van der Waals surface area contributed by atoms with Gasteiger partial charge >= 0.3 is 0 Å². The summed E-state index contributed by atoms with van der Waals surface area (Å²) in [5.74, 6) is 1.53. The maximum Gasteiger partial charge on any atom is 0.123 e. The first-order valence-corrected chi connectivity index (χ1v) is 6.20. The molecular formula is C17H21O2. The Kier molecular flexibility index (Phi) is 5.94. The minimum atomic E-state index is 0.763. The quantitative estimate of drug-likeness (QED) is 0.806. The van der Waals surface area contributed by atoms with Crippen LogP contribution in [0.3, 0.4) is 0 Å². The monoisotopic (exact) mass is 257 g/mol. The van der Waals surface area contributed by atoms with E-state index in [-0.39, 0.29) is 0 Å². The molecule has 0 atom stereocenters. The van der Waals surface area contributed by atoms with E-state index in [1.54, 1.807) is 32.4 Å². The van der Waals surface area contributed by atoms with Gasteiger partial charge in [0.2, 0.25) is 0 Å². The van der Waals surface area contributed by atoms with E-state index in [1.165, 1.54) is 16.7 Å². The second-order valence-electron chi connectivity index (χ2n) is 4.33. The summed E-state index contributed by atoms with van der Waals surface area (Å²) in [5, 5.41) is 0. The minimum Gasteiger partial charge on any atom is -0.497 e. The molecule has 101 valence electrons. The van der Waals surface area contributed by atoms with Gasteiger partial charge in [-0.05, 0) is 55.7 Å². The lowest BCUT2D eigenvalue weighted by Crippen LogP contribution is -1.85. The van der Waals surface area contributed by atoms with Crippen LogP contribution in [0.15, 0.2) is 36.4 Å². The van der Waals surface area contributed by atoms with Gasteiger partial charge in [0.25, 0.3) is 0 Å². The fourth-order valence-electron chi connectivity index (χ4n) is 1.56. The summed E-state index contributed by atoms with van der Waals surface area (Å²) in [6, 6.07) is 14.6.